The van der Waals surface area contributed by atoms with Gasteiger partial charge in [-0.1, -0.05) is 11.6 Å². The minimum absolute atomic E-state index is 0.0197. The minimum atomic E-state index is -4.72. The highest BCUT2D eigenvalue weighted by Crippen LogP contribution is 2.34. The first kappa shape index (κ1) is 26.7. The third-order valence-corrected chi connectivity index (χ3v) is 6.60. The van der Waals surface area contributed by atoms with Crippen molar-refractivity contribution >= 4 is 44.8 Å². The average molecular weight is 536 g/mol. The van der Waals surface area contributed by atoms with E-state index in [4.69, 9.17) is 16.4 Å². The minimum Gasteiger partial charge on any atom is -0.321 e. The molecule has 0 spiro atoms. The fourth-order valence-corrected chi connectivity index (χ4v) is 4.30. The van der Waals surface area contributed by atoms with E-state index >= 15 is 0 Å². The van der Waals surface area contributed by atoms with Crippen LogP contribution >= 0.6 is 11.6 Å². The summed E-state index contributed by atoms with van der Waals surface area (Å²) in [6.07, 6.45) is -3.53. The van der Waals surface area contributed by atoms with Crippen molar-refractivity contribution in [3.63, 3.8) is 0 Å². The van der Waals surface area contributed by atoms with Crippen LogP contribution in [0, 0.1) is 17.5 Å². The molecule has 1 aromatic heterocycles. The van der Waals surface area contributed by atoms with Crippen LogP contribution in [0.25, 0.3) is 0 Å². The molecule has 2 aromatic rings. The zero-order valence-electron chi connectivity index (χ0n) is 18.9. The second kappa shape index (κ2) is 9.61. The normalized spacial score (nSPS) is 18.1. The topological polar surface area (TPSA) is 97.7 Å². The molecule has 3 rings (SSSR count). The van der Waals surface area contributed by atoms with Gasteiger partial charge < -0.3 is 9.80 Å². The Morgan fingerprint density at radius 3 is 2.54 bits per heavy atom. The number of hydrogen-bond donors (Lipinski definition) is 1. The second-order valence-electron chi connectivity index (χ2n) is 8.17. The monoisotopic (exact) mass is 535 g/mol. The van der Waals surface area contributed by atoms with E-state index in [0.29, 0.717) is 6.07 Å². The molecule has 190 valence electrons. The molecule has 8 nitrogen and oxygen atoms in total. The number of likely N-dealkylation sites (N-methyl/N-ethyl adjacent to an activating group) is 1. The first-order valence-electron chi connectivity index (χ1n) is 10.2. The number of carbonyl (C=O) groups excluding carboxylic acids is 2. The van der Waals surface area contributed by atoms with Gasteiger partial charge in [0, 0.05) is 46.7 Å². The molecule has 35 heavy (non-hydrogen) atoms. The van der Waals surface area contributed by atoms with Gasteiger partial charge in [0.1, 0.15) is 17.7 Å². The molecule has 1 unspecified atom stereocenters. The fourth-order valence-electron chi connectivity index (χ4n) is 3.55. The van der Waals surface area contributed by atoms with Crippen molar-refractivity contribution in [1.29, 1.82) is 4.78 Å². The van der Waals surface area contributed by atoms with Crippen molar-refractivity contribution in [1.82, 2.24) is 9.88 Å². The maximum Gasteiger partial charge on any atom is 0.416 e. The van der Waals surface area contributed by atoms with Gasteiger partial charge in [-0.25, -0.2) is 14.2 Å². The summed E-state index contributed by atoms with van der Waals surface area (Å²) in [5, 5.41) is -0.244. The van der Waals surface area contributed by atoms with E-state index < -0.39 is 45.3 Å². The highest BCUT2D eigenvalue weighted by atomic mass is 35.5. The molecule has 1 saturated heterocycles. The van der Waals surface area contributed by atoms with Crippen molar-refractivity contribution in [2.24, 2.45) is 0 Å². The largest absolute Gasteiger partial charge is 0.416 e. The fraction of sp³-hybridized carbons (Fsp3) is 0.381. The number of benzene rings is 1. The third-order valence-electron chi connectivity index (χ3n) is 5.35. The number of hydrogen-bond acceptors (Lipinski definition) is 5. The molecule has 3 amide bonds. The number of pyridine rings is 1. The molecular weight excluding hydrogens is 514 g/mol. The zero-order valence-corrected chi connectivity index (χ0v) is 20.5. The van der Waals surface area contributed by atoms with Crippen LogP contribution in [0.2, 0.25) is 5.02 Å². The van der Waals surface area contributed by atoms with Crippen molar-refractivity contribution in [2.75, 3.05) is 41.9 Å². The Morgan fingerprint density at radius 1 is 1.31 bits per heavy atom. The van der Waals surface area contributed by atoms with Gasteiger partial charge in [-0.2, -0.15) is 13.2 Å². The summed E-state index contributed by atoms with van der Waals surface area (Å²) in [5.74, 6) is -1.96. The van der Waals surface area contributed by atoms with E-state index in [2.05, 4.69) is 4.98 Å². The number of aromatic nitrogens is 1. The van der Waals surface area contributed by atoms with Gasteiger partial charge in [0.25, 0.3) is 5.91 Å². The Kier molecular flexibility index (Phi) is 7.32. The van der Waals surface area contributed by atoms with E-state index in [1.54, 1.807) is 0 Å². The smallest absolute Gasteiger partial charge is 0.321 e. The van der Waals surface area contributed by atoms with Crippen LogP contribution in [0.4, 0.5) is 33.9 Å². The van der Waals surface area contributed by atoms with Crippen molar-refractivity contribution in [3.8, 4) is 0 Å². The van der Waals surface area contributed by atoms with Crippen molar-refractivity contribution < 1.29 is 31.4 Å². The summed E-state index contributed by atoms with van der Waals surface area (Å²) in [6.45, 7) is 0.929. The summed E-state index contributed by atoms with van der Waals surface area (Å²) >= 11 is 5.81. The lowest BCUT2D eigenvalue weighted by Crippen LogP contribution is -2.47. The van der Waals surface area contributed by atoms with Crippen LogP contribution in [0.1, 0.15) is 11.3 Å². The molecule has 0 radical (unpaired) electrons. The molecule has 0 aliphatic carbocycles. The summed E-state index contributed by atoms with van der Waals surface area (Å²) < 4.78 is 73.2. The summed E-state index contributed by atoms with van der Waals surface area (Å²) in [7, 11) is -1.63. The molecule has 2 heterocycles. The predicted molar refractivity (Wildman–Crippen MR) is 124 cm³/mol. The molecule has 2 atom stereocenters. The molecule has 1 fully saturated rings. The Hall–Kier alpha value is -2.93. The zero-order chi connectivity index (χ0) is 26.3. The molecule has 1 N–H and O–H groups in total. The second-order valence-corrected chi connectivity index (χ2v) is 11.0. The predicted octanol–water partition coefficient (Wildman–Crippen LogP) is 4.15. The maximum atomic E-state index is 13.6. The average Bonchev–Trinajstić information content (AvgIpc) is 3.07. The summed E-state index contributed by atoms with van der Waals surface area (Å²) in [6, 6.07) is 2.92. The lowest BCUT2D eigenvalue weighted by molar-refractivity contribution is -0.137. The lowest BCUT2D eigenvalue weighted by atomic mass is 10.1. The number of urea groups is 1. The van der Waals surface area contributed by atoms with Gasteiger partial charge in [-0.05, 0) is 37.3 Å². The number of anilines is 2. The van der Waals surface area contributed by atoms with E-state index in [1.807, 2.05) is 0 Å². The number of carbonyl (C=O) groups is 2. The number of halogens is 5. The molecule has 14 heteroatoms. The van der Waals surface area contributed by atoms with Crippen LogP contribution in [0.5, 0.6) is 0 Å². The van der Waals surface area contributed by atoms with Crippen LogP contribution in [-0.4, -0.2) is 64.2 Å². The van der Waals surface area contributed by atoms with Gasteiger partial charge >= 0.3 is 12.2 Å². The highest BCUT2D eigenvalue weighted by Gasteiger charge is 2.45. The molecule has 0 saturated carbocycles. The van der Waals surface area contributed by atoms with Crippen molar-refractivity contribution in [3.05, 3.63) is 52.4 Å². The number of nitrogens with zero attached hydrogens (tertiary/aromatic N) is 4. The molecule has 0 bridgehead atoms. The van der Waals surface area contributed by atoms with E-state index in [1.165, 1.54) is 32.4 Å². The van der Waals surface area contributed by atoms with Crippen molar-refractivity contribution in [2.45, 2.75) is 19.1 Å². The quantitative estimate of drug-likeness (QED) is 0.562. The standard InChI is InChI=1S/C21H22ClF4N5O3S/c1-12-8-13(21(24,25)26)9-18(28-12)31-17(11-30(20(31)33)6-7-35(3,27)34)19(32)29(2)14-4-5-16(23)15(22)10-14/h4-5,8-10,17,27H,6-7,11H2,1-3H3/t17-,35?/m0/s1. The number of amides is 3. The molecular formula is C21H22ClF4N5O3S. The Labute approximate surface area is 204 Å². The lowest BCUT2D eigenvalue weighted by Gasteiger charge is -2.27. The summed E-state index contributed by atoms with van der Waals surface area (Å²) in [5.41, 5.74) is -0.865. The van der Waals surface area contributed by atoms with E-state index in [0.717, 1.165) is 26.8 Å². The molecule has 1 aliphatic rings. The van der Waals surface area contributed by atoms with Crippen LogP contribution in [0.15, 0.2) is 30.3 Å². The van der Waals surface area contributed by atoms with Gasteiger partial charge in [-0.15, -0.1) is 0 Å². The Bertz CT molecular complexity index is 1270. The van der Waals surface area contributed by atoms with Gasteiger partial charge in [0.2, 0.25) is 0 Å². The number of alkyl halides is 3. The van der Waals surface area contributed by atoms with Crippen LogP contribution in [-0.2, 0) is 20.7 Å². The number of rotatable bonds is 6. The van der Waals surface area contributed by atoms with Crippen LogP contribution in [0.3, 0.4) is 0 Å². The Balaban J connectivity index is 2.04. The maximum absolute atomic E-state index is 13.6. The van der Waals surface area contributed by atoms with Gasteiger partial charge in [0.15, 0.2) is 0 Å². The first-order chi connectivity index (χ1) is 16.1. The SMILES string of the molecule is Cc1cc(C(F)(F)F)cc(N2C(=O)N(CCS(C)(=N)=O)C[C@H]2C(=O)N(C)c2ccc(F)c(Cl)c2)n1. The number of nitrogens with one attached hydrogen (secondary N) is 1. The number of aryl methyl sites for hydroxylation is 1. The molecule has 1 aliphatic heterocycles. The molecule has 1 aromatic carbocycles. The third kappa shape index (κ3) is 6.01. The van der Waals surface area contributed by atoms with E-state index in [-0.39, 0.29) is 41.1 Å². The van der Waals surface area contributed by atoms with Crippen LogP contribution < -0.4 is 9.80 Å². The Morgan fingerprint density at radius 2 is 1.97 bits per heavy atom. The summed E-state index contributed by atoms with van der Waals surface area (Å²) in [4.78, 5) is 33.8. The van der Waals surface area contributed by atoms with Gasteiger partial charge in [0.05, 0.1) is 17.1 Å². The first-order valence-corrected chi connectivity index (χ1v) is 12.7. The van der Waals surface area contributed by atoms with E-state index in [9.17, 15) is 31.4 Å². The highest BCUT2D eigenvalue weighted by molar-refractivity contribution is 7.91. The van der Waals surface area contributed by atoms with Gasteiger partial charge in [-0.3, -0.25) is 18.7 Å².